The van der Waals surface area contributed by atoms with E-state index in [1.165, 1.54) is 7.11 Å². The maximum Gasteiger partial charge on any atom is 0.255 e. The van der Waals surface area contributed by atoms with Crippen molar-refractivity contribution in [2.45, 2.75) is 19.9 Å². The molecule has 2 aromatic rings. The largest absolute Gasteiger partial charge is 0.496 e. The number of hydrogen-bond donors (Lipinski definition) is 1. The maximum absolute atomic E-state index is 12.3. The van der Waals surface area contributed by atoms with E-state index in [1.807, 2.05) is 24.3 Å². The highest BCUT2D eigenvalue weighted by molar-refractivity contribution is 6.31. The van der Waals surface area contributed by atoms with Crippen LogP contribution in [0.15, 0.2) is 42.5 Å². The van der Waals surface area contributed by atoms with Crippen LogP contribution < -0.4 is 14.8 Å². The molecule has 1 amide bonds. The molecular weight excluding hydrogens is 314 g/mol. The van der Waals surface area contributed by atoms with E-state index in [2.05, 4.69) is 12.2 Å². The Morgan fingerprint density at radius 2 is 1.91 bits per heavy atom. The van der Waals surface area contributed by atoms with Crippen molar-refractivity contribution >= 4 is 17.5 Å². The highest BCUT2D eigenvalue weighted by Crippen LogP contribution is 2.22. The van der Waals surface area contributed by atoms with E-state index in [4.69, 9.17) is 21.1 Å². The standard InChI is InChI=1S/C18H20ClNO3/c1-3-10-23-15-7-4-13(5-8-15)12-20-18(21)16-11-14(19)6-9-17(16)22-2/h4-9,11H,3,10,12H2,1-2H3,(H,20,21). The summed E-state index contributed by atoms with van der Waals surface area (Å²) in [5, 5.41) is 3.36. The minimum absolute atomic E-state index is 0.226. The Bertz CT molecular complexity index is 656. The second kappa shape index (κ2) is 8.44. The summed E-state index contributed by atoms with van der Waals surface area (Å²) in [6, 6.07) is 12.6. The Morgan fingerprint density at radius 1 is 1.17 bits per heavy atom. The SMILES string of the molecule is CCCOc1ccc(CNC(=O)c2cc(Cl)ccc2OC)cc1. The summed E-state index contributed by atoms with van der Waals surface area (Å²) in [4.78, 5) is 12.3. The predicted molar refractivity (Wildman–Crippen MR) is 91.4 cm³/mol. The molecule has 0 spiro atoms. The first-order chi connectivity index (χ1) is 11.1. The Labute approximate surface area is 141 Å². The quantitative estimate of drug-likeness (QED) is 0.831. The van der Waals surface area contributed by atoms with Crippen molar-refractivity contribution in [2.75, 3.05) is 13.7 Å². The molecule has 0 saturated carbocycles. The molecule has 122 valence electrons. The summed E-state index contributed by atoms with van der Waals surface area (Å²) < 4.78 is 10.7. The van der Waals surface area contributed by atoms with Crippen LogP contribution in [0.5, 0.6) is 11.5 Å². The van der Waals surface area contributed by atoms with Crippen molar-refractivity contribution in [3.05, 3.63) is 58.6 Å². The van der Waals surface area contributed by atoms with Gasteiger partial charge in [-0.05, 0) is 42.3 Å². The van der Waals surface area contributed by atoms with Crippen LogP contribution in [0, 0.1) is 0 Å². The smallest absolute Gasteiger partial charge is 0.255 e. The van der Waals surface area contributed by atoms with Crippen LogP contribution in [-0.4, -0.2) is 19.6 Å². The molecule has 0 radical (unpaired) electrons. The molecule has 0 atom stereocenters. The van der Waals surface area contributed by atoms with Gasteiger partial charge in [0.1, 0.15) is 11.5 Å². The zero-order valence-corrected chi connectivity index (χ0v) is 14.0. The summed E-state index contributed by atoms with van der Waals surface area (Å²) >= 11 is 5.94. The van der Waals surface area contributed by atoms with Crippen molar-refractivity contribution in [3.8, 4) is 11.5 Å². The molecule has 0 fully saturated rings. The van der Waals surface area contributed by atoms with Gasteiger partial charge in [-0.15, -0.1) is 0 Å². The highest BCUT2D eigenvalue weighted by Gasteiger charge is 2.12. The van der Waals surface area contributed by atoms with E-state index in [9.17, 15) is 4.79 Å². The molecule has 0 saturated heterocycles. The summed E-state index contributed by atoms with van der Waals surface area (Å²) in [6.07, 6.45) is 0.972. The monoisotopic (exact) mass is 333 g/mol. The number of benzene rings is 2. The third kappa shape index (κ3) is 4.89. The fraction of sp³-hybridized carbons (Fsp3) is 0.278. The third-order valence-electron chi connectivity index (χ3n) is 3.26. The first kappa shape index (κ1) is 17.2. The minimum Gasteiger partial charge on any atom is -0.496 e. The molecule has 0 bridgehead atoms. The van der Waals surface area contributed by atoms with Gasteiger partial charge in [0.05, 0.1) is 19.3 Å². The third-order valence-corrected chi connectivity index (χ3v) is 3.49. The van der Waals surface area contributed by atoms with Crippen LogP contribution in [0.3, 0.4) is 0 Å². The van der Waals surface area contributed by atoms with Gasteiger partial charge in [0.15, 0.2) is 0 Å². The Balaban J connectivity index is 1.97. The van der Waals surface area contributed by atoms with E-state index in [0.29, 0.717) is 29.5 Å². The topological polar surface area (TPSA) is 47.6 Å². The lowest BCUT2D eigenvalue weighted by molar-refractivity contribution is 0.0948. The number of hydrogen-bond acceptors (Lipinski definition) is 3. The van der Waals surface area contributed by atoms with E-state index in [-0.39, 0.29) is 5.91 Å². The number of rotatable bonds is 7. The second-order valence-electron chi connectivity index (χ2n) is 5.02. The number of ether oxygens (including phenoxy) is 2. The van der Waals surface area contributed by atoms with Crippen LogP contribution in [0.1, 0.15) is 29.3 Å². The molecule has 0 aliphatic rings. The van der Waals surface area contributed by atoms with Crippen LogP contribution in [-0.2, 0) is 6.54 Å². The van der Waals surface area contributed by atoms with Gasteiger partial charge in [0.25, 0.3) is 5.91 Å². The molecule has 23 heavy (non-hydrogen) atoms. The van der Waals surface area contributed by atoms with Crippen molar-refractivity contribution in [2.24, 2.45) is 0 Å². The normalized spacial score (nSPS) is 10.2. The zero-order valence-electron chi connectivity index (χ0n) is 13.3. The predicted octanol–water partition coefficient (Wildman–Crippen LogP) is 4.07. The Hall–Kier alpha value is -2.20. The number of halogens is 1. The fourth-order valence-electron chi connectivity index (χ4n) is 2.06. The van der Waals surface area contributed by atoms with Crippen molar-refractivity contribution < 1.29 is 14.3 Å². The van der Waals surface area contributed by atoms with Gasteiger partial charge in [-0.2, -0.15) is 0 Å². The lowest BCUT2D eigenvalue weighted by atomic mass is 10.1. The lowest BCUT2D eigenvalue weighted by Crippen LogP contribution is -2.23. The first-order valence-corrected chi connectivity index (χ1v) is 7.85. The Morgan fingerprint density at radius 3 is 2.57 bits per heavy atom. The van der Waals surface area contributed by atoms with Crippen molar-refractivity contribution in [1.82, 2.24) is 5.32 Å². The number of carbonyl (C=O) groups is 1. The summed E-state index contributed by atoms with van der Waals surface area (Å²) in [5.41, 5.74) is 1.41. The van der Waals surface area contributed by atoms with Gasteiger partial charge < -0.3 is 14.8 Å². The summed E-state index contributed by atoms with van der Waals surface area (Å²) in [7, 11) is 1.52. The van der Waals surface area contributed by atoms with Crippen LogP contribution in [0.2, 0.25) is 5.02 Å². The minimum atomic E-state index is -0.226. The number of nitrogens with one attached hydrogen (secondary N) is 1. The van der Waals surface area contributed by atoms with E-state index in [1.54, 1.807) is 18.2 Å². The van der Waals surface area contributed by atoms with Gasteiger partial charge in [-0.3, -0.25) is 4.79 Å². The number of methoxy groups -OCH3 is 1. The van der Waals surface area contributed by atoms with Gasteiger partial charge >= 0.3 is 0 Å². The second-order valence-corrected chi connectivity index (χ2v) is 5.46. The average Bonchev–Trinajstić information content (AvgIpc) is 2.58. The molecule has 0 aliphatic heterocycles. The van der Waals surface area contributed by atoms with Gasteiger partial charge in [-0.25, -0.2) is 0 Å². The molecule has 4 nitrogen and oxygen atoms in total. The first-order valence-electron chi connectivity index (χ1n) is 7.47. The summed E-state index contributed by atoms with van der Waals surface area (Å²) in [5.74, 6) is 1.10. The van der Waals surface area contributed by atoms with E-state index < -0.39 is 0 Å². The van der Waals surface area contributed by atoms with Crippen LogP contribution in [0.4, 0.5) is 0 Å². The van der Waals surface area contributed by atoms with Crippen molar-refractivity contribution in [3.63, 3.8) is 0 Å². The molecule has 1 N–H and O–H groups in total. The van der Waals surface area contributed by atoms with Crippen molar-refractivity contribution in [1.29, 1.82) is 0 Å². The fourth-order valence-corrected chi connectivity index (χ4v) is 2.23. The molecule has 5 heteroatoms. The maximum atomic E-state index is 12.3. The lowest BCUT2D eigenvalue weighted by Gasteiger charge is -2.10. The van der Waals surface area contributed by atoms with Crippen LogP contribution >= 0.6 is 11.6 Å². The summed E-state index contributed by atoms with van der Waals surface area (Å²) in [6.45, 7) is 3.18. The van der Waals surface area contributed by atoms with Gasteiger partial charge in [0, 0.05) is 11.6 Å². The molecule has 0 unspecified atom stereocenters. The number of carbonyl (C=O) groups excluding carboxylic acids is 1. The number of amides is 1. The zero-order chi connectivity index (χ0) is 16.7. The molecular formula is C18H20ClNO3. The molecule has 0 heterocycles. The van der Waals surface area contributed by atoms with Gasteiger partial charge in [0.2, 0.25) is 0 Å². The van der Waals surface area contributed by atoms with E-state index >= 15 is 0 Å². The Kier molecular flexibility index (Phi) is 6.29. The van der Waals surface area contributed by atoms with E-state index in [0.717, 1.165) is 17.7 Å². The molecule has 2 rings (SSSR count). The highest BCUT2D eigenvalue weighted by atomic mass is 35.5. The molecule has 0 aliphatic carbocycles. The molecule has 0 aromatic heterocycles. The van der Waals surface area contributed by atoms with Crippen LogP contribution in [0.25, 0.3) is 0 Å². The molecule has 2 aromatic carbocycles. The average molecular weight is 334 g/mol. The van der Waals surface area contributed by atoms with Gasteiger partial charge in [-0.1, -0.05) is 30.7 Å².